The van der Waals surface area contributed by atoms with Gasteiger partial charge in [-0.05, 0) is 44.9 Å². The van der Waals surface area contributed by atoms with E-state index in [1.807, 2.05) is 6.08 Å². The third-order valence-corrected chi connectivity index (χ3v) is 14.6. The zero-order valence-corrected chi connectivity index (χ0v) is 49.6. The molecule has 6 heteroatoms. The molecule has 0 radical (unpaired) electrons. The van der Waals surface area contributed by atoms with E-state index in [-0.39, 0.29) is 37.5 Å². The Balaban J connectivity index is 4.06. The van der Waals surface area contributed by atoms with Crippen LogP contribution in [-0.2, 0) is 28.6 Å². The number of rotatable bonds is 60. The highest BCUT2D eigenvalue weighted by Gasteiger charge is 2.19. The van der Waals surface area contributed by atoms with Gasteiger partial charge in [-0.15, -0.1) is 0 Å². The summed E-state index contributed by atoms with van der Waals surface area (Å²) in [7, 11) is 0. The number of esters is 3. The Morgan fingerprint density at radius 1 is 0.284 bits per heavy atom. The van der Waals surface area contributed by atoms with Crippen LogP contribution in [0.5, 0.6) is 0 Å². The molecule has 0 fully saturated rings. The van der Waals surface area contributed by atoms with Gasteiger partial charge in [0.1, 0.15) is 13.2 Å². The number of unbranched alkanes of at least 4 members (excludes halogenated alkanes) is 41. The Kier molecular flexibility index (Phi) is 60.7. The largest absolute Gasteiger partial charge is 0.462 e. The van der Waals surface area contributed by atoms with Crippen molar-refractivity contribution in [2.75, 3.05) is 13.2 Å². The lowest BCUT2D eigenvalue weighted by Gasteiger charge is -2.18. The summed E-state index contributed by atoms with van der Waals surface area (Å²) in [5.41, 5.74) is 0. The molecule has 0 aliphatic rings. The molecule has 0 amide bonds. The van der Waals surface area contributed by atoms with E-state index in [2.05, 4.69) is 63.3 Å². The van der Waals surface area contributed by atoms with E-state index in [1.54, 1.807) is 0 Å². The van der Waals surface area contributed by atoms with Crippen molar-refractivity contribution in [1.29, 1.82) is 0 Å². The van der Waals surface area contributed by atoms with Crippen LogP contribution in [0.2, 0.25) is 0 Å². The second-order valence-corrected chi connectivity index (χ2v) is 22.0. The van der Waals surface area contributed by atoms with Crippen molar-refractivity contribution in [3.05, 3.63) is 48.6 Å². The van der Waals surface area contributed by atoms with Gasteiger partial charge in [0.25, 0.3) is 0 Å². The second kappa shape index (κ2) is 62.9. The normalized spacial score (nSPS) is 12.3. The summed E-state index contributed by atoms with van der Waals surface area (Å²) >= 11 is 0. The minimum atomic E-state index is -0.807. The number of ether oxygens (including phenoxy) is 3. The van der Waals surface area contributed by atoms with Crippen molar-refractivity contribution < 1.29 is 28.6 Å². The molecule has 0 aromatic heterocycles. The van der Waals surface area contributed by atoms with Crippen molar-refractivity contribution in [1.82, 2.24) is 0 Å². The highest BCUT2D eigenvalue weighted by molar-refractivity contribution is 5.71. The van der Waals surface area contributed by atoms with Gasteiger partial charge in [-0.3, -0.25) is 14.4 Å². The highest BCUT2D eigenvalue weighted by Crippen LogP contribution is 2.18. The van der Waals surface area contributed by atoms with Crippen molar-refractivity contribution in [3.8, 4) is 0 Å². The monoisotopic (exact) mass is 1040 g/mol. The maximum atomic E-state index is 12.8. The molecule has 0 spiro atoms. The summed E-state index contributed by atoms with van der Waals surface area (Å²) in [6, 6.07) is 0. The third-order valence-electron chi connectivity index (χ3n) is 14.6. The Morgan fingerprint density at radius 2 is 0.527 bits per heavy atom. The summed E-state index contributed by atoms with van der Waals surface area (Å²) in [6.07, 6.45) is 78.9. The first kappa shape index (κ1) is 71.4. The Bertz CT molecular complexity index is 1280. The maximum absolute atomic E-state index is 12.8. The van der Waals surface area contributed by atoms with Gasteiger partial charge < -0.3 is 14.2 Å². The number of hydrogen-bond donors (Lipinski definition) is 0. The van der Waals surface area contributed by atoms with Crippen LogP contribution < -0.4 is 0 Å². The number of carbonyl (C=O) groups excluding carboxylic acids is 3. The maximum Gasteiger partial charge on any atom is 0.306 e. The van der Waals surface area contributed by atoms with E-state index < -0.39 is 6.10 Å². The minimum absolute atomic E-state index is 0.0973. The van der Waals surface area contributed by atoms with Crippen LogP contribution in [-0.4, -0.2) is 37.2 Å². The van der Waals surface area contributed by atoms with Crippen LogP contribution in [0.1, 0.15) is 348 Å². The minimum Gasteiger partial charge on any atom is -0.462 e. The lowest BCUT2D eigenvalue weighted by molar-refractivity contribution is -0.166. The number of carbonyl (C=O) groups is 3. The van der Waals surface area contributed by atoms with E-state index in [0.29, 0.717) is 19.3 Å². The number of allylic oxidation sites excluding steroid dienone is 8. The quantitative estimate of drug-likeness (QED) is 0.0261. The summed E-state index contributed by atoms with van der Waals surface area (Å²) in [4.78, 5) is 38.1. The van der Waals surface area contributed by atoms with Gasteiger partial charge in [-0.1, -0.05) is 333 Å². The van der Waals surface area contributed by atoms with E-state index >= 15 is 0 Å². The van der Waals surface area contributed by atoms with Crippen molar-refractivity contribution in [2.45, 2.75) is 354 Å². The molecule has 6 nitrogen and oxygen atoms in total. The molecular weight excluding hydrogens is 913 g/mol. The summed E-state index contributed by atoms with van der Waals surface area (Å²) in [5, 5.41) is 0. The van der Waals surface area contributed by atoms with Gasteiger partial charge in [0.15, 0.2) is 6.10 Å². The fraction of sp³-hybridized carbons (Fsp3) is 0.838. The van der Waals surface area contributed by atoms with E-state index in [1.165, 1.54) is 238 Å². The van der Waals surface area contributed by atoms with Crippen LogP contribution >= 0.6 is 0 Å². The average molecular weight is 1040 g/mol. The topological polar surface area (TPSA) is 78.9 Å². The Hall–Kier alpha value is -2.63. The van der Waals surface area contributed by atoms with Crippen molar-refractivity contribution >= 4 is 17.9 Å². The fourth-order valence-corrected chi connectivity index (χ4v) is 9.76. The Labute approximate surface area is 460 Å². The molecule has 0 aromatic rings. The molecule has 0 saturated heterocycles. The first-order valence-electron chi connectivity index (χ1n) is 32.6. The first-order valence-corrected chi connectivity index (χ1v) is 32.6. The molecule has 1 unspecified atom stereocenters. The van der Waals surface area contributed by atoms with Gasteiger partial charge in [0.05, 0.1) is 0 Å². The van der Waals surface area contributed by atoms with Crippen LogP contribution in [0.15, 0.2) is 48.6 Å². The molecule has 0 saturated carbocycles. The van der Waals surface area contributed by atoms with Gasteiger partial charge in [-0.25, -0.2) is 0 Å². The molecule has 0 aliphatic heterocycles. The molecule has 1 atom stereocenters. The molecule has 74 heavy (non-hydrogen) atoms. The smallest absolute Gasteiger partial charge is 0.306 e. The predicted octanol–water partition coefficient (Wildman–Crippen LogP) is 22.2. The van der Waals surface area contributed by atoms with E-state index in [4.69, 9.17) is 14.2 Å². The molecule has 432 valence electrons. The predicted molar refractivity (Wildman–Crippen MR) is 321 cm³/mol. The highest BCUT2D eigenvalue weighted by atomic mass is 16.6. The van der Waals surface area contributed by atoms with Gasteiger partial charge in [0, 0.05) is 19.3 Å². The zero-order valence-electron chi connectivity index (χ0n) is 49.6. The van der Waals surface area contributed by atoms with Gasteiger partial charge in [-0.2, -0.15) is 0 Å². The summed E-state index contributed by atoms with van der Waals surface area (Å²) in [6.45, 7) is 6.50. The van der Waals surface area contributed by atoms with Crippen molar-refractivity contribution in [3.63, 3.8) is 0 Å². The molecule has 0 heterocycles. The zero-order chi connectivity index (χ0) is 53.6. The van der Waals surface area contributed by atoms with Crippen LogP contribution in [0, 0.1) is 0 Å². The van der Waals surface area contributed by atoms with Gasteiger partial charge >= 0.3 is 17.9 Å². The molecule has 0 aromatic carbocycles. The SMILES string of the molecule is CC/C=C\C/C=C\C/C=C\C/C=C\CCC(=O)OC(COC(=O)CCCCCCCCCCCCC)COC(=O)CCCCCCCCCCCCCCCCCCCCCCCCCCCCCCCCCC. The third kappa shape index (κ3) is 60.2. The van der Waals surface area contributed by atoms with E-state index in [9.17, 15) is 14.4 Å². The lowest BCUT2D eigenvalue weighted by atomic mass is 10.0. The molecule has 0 N–H and O–H groups in total. The van der Waals surface area contributed by atoms with Crippen LogP contribution in [0.3, 0.4) is 0 Å². The lowest BCUT2D eigenvalue weighted by Crippen LogP contribution is -2.30. The van der Waals surface area contributed by atoms with Gasteiger partial charge in [0.2, 0.25) is 0 Å². The fourth-order valence-electron chi connectivity index (χ4n) is 9.76. The molecular formula is C68H124O6. The van der Waals surface area contributed by atoms with Crippen LogP contribution in [0.4, 0.5) is 0 Å². The Morgan fingerprint density at radius 3 is 0.797 bits per heavy atom. The standard InChI is InChI=1S/C68H124O6/c1-4-7-10-13-16-19-22-24-25-26-27-28-29-30-31-32-33-34-35-36-37-38-39-40-41-42-44-46-49-52-55-58-61-67(70)73-64-65(63-72-66(69)60-57-54-51-48-45-21-18-15-12-9-6-3)74-68(71)62-59-56-53-50-47-43-23-20-17-14-11-8-5-2/h8,11,17,20,43,47,53,56,65H,4-7,9-10,12-16,18-19,21-42,44-46,48-52,54-55,57-64H2,1-3H3/b11-8-,20-17-,47-43-,56-53-. The van der Waals surface area contributed by atoms with Crippen LogP contribution in [0.25, 0.3) is 0 Å². The second-order valence-electron chi connectivity index (χ2n) is 22.0. The number of hydrogen-bond acceptors (Lipinski definition) is 6. The van der Waals surface area contributed by atoms with Crippen molar-refractivity contribution in [2.24, 2.45) is 0 Å². The average Bonchev–Trinajstić information content (AvgIpc) is 3.40. The first-order chi connectivity index (χ1) is 36.5. The summed E-state index contributed by atoms with van der Waals surface area (Å²) < 4.78 is 16.8. The molecule has 0 rings (SSSR count). The molecule has 0 bridgehead atoms. The molecule has 0 aliphatic carbocycles. The van der Waals surface area contributed by atoms with E-state index in [0.717, 1.165) is 64.2 Å². The summed E-state index contributed by atoms with van der Waals surface area (Å²) in [5.74, 6) is -0.963.